The predicted molar refractivity (Wildman–Crippen MR) is 67.3 cm³/mol. The minimum absolute atomic E-state index is 0.109. The van der Waals surface area contributed by atoms with E-state index in [4.69, 9.17) is 9.52 Å². The predicted octanol–water partition coefficient (Wildman–Crippen LogP) is 2.24. The van der Waals surface area contributed by atoms with E-state index in [0.29, 0.717) is 11.4 Å². The van der Waals surface area contributed by atoms with Gasteiger partial charge >= 0.3 is 5.97 Å². The number of benzene rings is 1. The second kappa shape index (κ2) is 4.93. The maximum atomic E-state index is 11.9. The fourth-order valence-corrected chi connectivity index (χ4v) is 1.59. The maximum Gasteiger partial charge on any atom is 0.335 e. The van der Waals surface area contributed by atoms with Crippen molar-refractivity contribution in [1.29, 1.82) is 0 Å². The Morgan fingerprint density at radius 1 is 1.32 bits per heavy atom. The van der Waals surface area contributed by atoms with Crippen molar-refractivity contribution in [3.05, 3.63) is 47.2 Å². The first kappa shape index (κ1) is 12.8. The number of aromatic carboxylic acids is 1. The number of nitrogens with one attached hydrogen (secondary N) is 1. The molecule has 2 N–H and O–H groups in total. The summed E-state index contributed by atoms with van der Waals surface area (Å²) in [5, 5.41) is 11.5. The molecule has 0 fully saturated rings. The van der Waals surface area contributed by atoms with Crippen molar-refractivity contribution in [2.45, 2.75) is 13.8 Å². The third kappa shape index (κ3) is 2.62. The number of amides is 1. The molecule has 6 nitrogen and oxygen atoms in total. The topological polar surface area (TPSA) is 92.4 Å². The second-order valence-corrected chi connectivity index (χ2v) is 4.05. The molecule has 0 aliphatic heterocycles. The molecule has 0 unspecified atom stereocenters. The van der Waals surface area contributed by atoms with E-state index in [1.165, 1.54) is 18.5 Å². The van der Waals surface area contributed by atoms with E-state index in [1.807, 2.05) is 0 Å². The Bertz CT molecular complexity index is 646. The Balaban J connectivity index is 2.28. The first-order chi connectivity index (χ1) is 8.99. The highest BCUT2D eigenvalue weighted by atomic mass is 16.4. The fraction of sp³-hybridized carbons (Fsp3) is 0.154. The van der Waals surface area contributed by atoms with Crippen molar-refractivity contribution >= 4 is 17.6 Å². The zero-order chi connectivity index (χ0) is 14.0. The quantitative estimate of drug-likeness (QED) is 0.882. The van der Waals surface area contributed by atoms with Crippen LogP contribution in [0.4, 0.5) is 5.69 Å². The van der Waals surface area contributed by atoms with Crippen LogP contribution in [0.2, 0.25) is 0 Å². The van der Waals surface area contributed by atoms with Gasteiger partial charge < -0.3 is 14.8 Å². The van der Waals surface area contributed by atoms with Crippen LogP contribution in [0.5, 0.6) is 0 Å². The number of carbonyl (C=O) groups is 2. The van der Waals surface area contributed by atoms with Gasteiger partial charge in [0.05, 0.1) is 5.56 Å². The van der Waals surface area contributed by atoms with Crippen LogP contribution >= 0.6 is 0 Å². The monoisotopic (exact) mass is 260 g/mol. The molecule has 2 rings (SSSR count). The molecule has 0 radical (unpaired) electrons. The van der Waals surface area contributed by atoms with Crippen LogP contribution in [0.15, 0.2) is 29.0 Å². The highest BCUT2D eigenvalue weighted by Crippen LogP contribution is 2.18. The third-order valence-electron chi connectivity index (χ3n) is 2.69. The van der Waals surface area contributed by atoms with E-state index >= 15 is 0 Å². The number of aromatic nitrogens is 1. The number of anilines is 1. The van der Waals surface area contributed by atoms with E-state index in [2.05, 4.69) is 10.3 Å². The Kier molecular flexibility index (Phi) is 3.33. The molecule has 1 aromatic heterocycles. The number of carboxylic acids is 1. The van der Waals surface area contributed by atoms with E-state index < -0.39 is 11.9 Å². The summed E-state index contributed by atoms with van der Waals surface area (Å²) in [5.74, 6) is -1.07. The highest BCUT2D eigenvalue weighted by molar-refractivity contribution is 6.04. The van der Waals surface area contributed by atoms with Gasteiger partial charge in [-0.15, -0.1) is 0 Å². The van der Waals surface area contributed by atoms with Gasteiger partial charge in [-0.1, -0.05) is 6.07 Å². The third-order valence-corrected chi connectivity index (χ3v) is 2.69. The number of nitrogens with zero attached hydrogens (tertiary/aromatic N) is 1. The van der Waals surface area contributed by atoms with E-state index in [-0.39, 0.29) is 11.3 Å². The highest BCUT2D eigenvalue weighted by Gasteiger charge is 2.15. The van der Waals surface area contributed by atoms with Crippen LogP contribution in [0.1, 0.15) is 32.2 Å². The number of rotatable bonds is 3. The molecule has 1 amide bonds. The molecule has 98 valence electrons. The summed E-state index contributed by atoms with van der Waals surface area (Å²) < 4.78 is 4.95. The van der Waals surface area contributed by atoms with Crippen molar-refractivity contribution in [1.82, 2.24) is 4.98 Å². The smallest absolute Gasteiger partial charge is 0.335 e. The summed E-state index contributed by atoms with van der Waals surface area (Å²) in [4.78, 5) is 26.6. The lowest BCUT2D eigenvalue weighted by atomic mass is 10.1. The number of hydrogen-bond donors (Lipinski definition) is 2. The maximum absolute atomic E-state index is 11.9. The first-order valence-electron chi connectivity index (χ1n) is 5.54. The summed E-state index contributed by atoms with van der Waals surface area (Å²) >= 11 is 0. The van der Waals surface area contributed by atoms with Crippen molar-refractivity contribution in [2.75, 3.05) is 5.32 Å². The van der Waals surface area contributed by atoms with Gasteiger partial charge in [-0.25, -0.2) is 9.78 Å². The van der Waals surface area contributed by atoms with Gasteiger partial charge in [0.2, 0.25) is 0 Å². The van der Waals surface area contributed by atoms with Gasteiger partial charge in [0.25, 0.3) is 5.91 Å². The Hall–Kier alpha value is -2.63. The Morgan fingerprint density at radius 2 is 2.05 bits per heavy atom. The van der Waals surface area contributed by atoms with Gasteiger partial charge in [0.15, 0.2) is 12.1 Å². The minimum Gasteiger partial charge on any atom is -0.478 e. The van der Waals surface area contributed by atoms with Gasteiger partial charge in [-0.2, -0.15) is 0 Å². The van der Waals surface area contributed by atoms with Crippen LogP contribution in [0.3, 0.4) is 0 Å². The summed E-state index contributed by atoms with van der Waals surface area (Å²) in [6, 6.07) is 4.52. The van der Waals surface area contributed by atoms with Crippen molar-refractivity contribution in [2.24, 2.45) is 0 Å². The van der Waals surface area contributed by atoms with Gasteiger partial charge in [-0.05, 0) is 31.5 Å². The summed E-state index contributed by atoms with van der Waals surface area (Å²) in [6.45, 7) is 3.40. The molecule has 2 aromatic rings. The lowest BCUT2D eigenvalue weighted by Crippen LogP contribution is -2.14. The molecular formula is C13H12N2O4. The molecule has 0 saturated carbocycles. The molecule has 0 aliphatic rings. The van der Waals surface area contributed by atoms with Crippen LogP contribution in [-0.4, -0.2) is 22.0 Å². The average Bonchev–Trinajstić information content (AvgIpc) is 2.78. The molecule has 19 heavy (non-hydrogen) atoms. The molecule has 0 aliphatic carbocycles. The molecule has 0 bridgehead atoms. The van der Waals surface area contributed by atoms with Gasteiger partial charge in [-0.3, -0.25) is 4.79 Å². The van der Waals surface area contributed by atoms with Crippen molar-refractivity contribution in [3.8, 4) is 0 Å². The van der Waals surface area contributed by atoms with Crippen LogP contribution in [-0.2, 0) is 0 Å². The first-order valence-corrected chi connectivity index (χ1v) is 5.54. The van der Waals surface area contributed by atoms with E-state index in [0.717, 1.165) is 5.56 Å². The lowest BCUT2D eigenvalue weighted by molar-refractivity contribution is 0.0696. The Morgan fingerprint density at radius 3 is 2.63 bits per heavy atom. The van der Waals surface area contributed by atoms with Gasteiger partial charge in [0.1, 0.15) is 5.76 Å². The number of carboxylic acid groups (broad SMARTS) is 1. The summed E-state index contributed by atoms with van der Waals surface area (Å²) in [5.41, 5.74) is 1.49. The molecule has 0 atom stereocenters. The molecule has 1 aromatic carbocycles. The standard InChI is InChI=1S/C13H12N2O4/c1-7-3-4-9(13(17)18)5-10(7)15-12(16)11-8(2)19-6-14-11/h3-6H,1-2H3,(H,15,16)(H,17,18). The number of oxazole rings is 1. The zero-order valence-electron chi connectivity index (χ0n) is 10.4. The number of hydrogen-bond acceptors (Lipinski definition) is 4. The zero-order valence-corrected chi connectivity index (χ0v) is 10.4. The molecule has 0 spiro atoms. The van der Waals surface area contributed by atoms with Crippen LogP contribution in [0.25, 0.3) is 0 Å². The SMILES string of the molecule is Cc1ccc(C(=O)O)cc1NC(=O)c1ncoc1C. The van der Waals surface area contributed by atoms with Crippen LogP contribution < -0.4 is 5.32 Å². The number of aryl methyl sites for hydroxylation is 2. The Labute approximate surface area is 109 Å². The minimum atomic E-state index is -1.05. The van der Waals surface area contributed by atoms with Crippen molar-refractivity contribution in [3.63, 3.8) is 0 Å². The largest absolute Gasteiger partial charge is 0.478 e. The van der Waals surface area contributed by atoms with E-state index in [9.17, 15) is 9.59 Å². The van der Waals surface area contributed by atoms with Crippen LogP contribution in [0, 0.1) is 13.8 Å². The average molecular weight is 260 g/mol. The van der Waals surface area contributed by atoms with E-state index in [1.54, 1.807) is 19.9 Å². The molecule has 0 saturated heterocycles. The van der Waals surface area contributed by atoms with Crippen molar-refractivity contribution < 1.29 is 19.1 Å². The summed E-state index contributed by atoms with van der Waals surface area (Å²) in [6.07, 6.45) is 1.19. The molecule has 1 heterocycles. The van der Waals surface area contributed by atoms with Gasteiger partial charge in [0, 0.05) is 5.69 Å². The normalized spacial score (nSPS) is 10.2. The summed E-state index contributed by atoms with van der Waals surface area (Å²) in [7, 11) is 0. The lowest BCUT2D eigenvalue weighted by Gasteiger charge is -2.08. The molecule has 6 heteroatoms. The number of carbonyl (C=O) groups excluding carboxylic acids is 1. The fourth-order valence-electron chi connectivity index (χ4n) is 1.59. The molecular weight excluding hydrogens is 248 g/mol. The second-order valence-electron chi connectivity index (χ2n) is 4.05.